The van der Waals surface area contributed by atoms with E-state index in [1.165, 1.54) is 24.3 Å². The largest absolute Gasteiger partial charge is 0.321 e. The third-order valence-electron chi connectivity index (χ3n) is 1.80. The van der Waals surface area contributed by atoms with E-state index in [1.54, 1.807) is 0 Å². The van der Waals surface area contributed by atoms with Crippen molar-refractivity contribution in [3.8, 4) is 0 Å². The molecule has 4 nitrogen and oxygen atoms in total. The molecule has 0 aliphatic heterocycles. The summed E-state index contributed by atoms with van der Waals surface area (Å²) in [6.07, 6.45) is 1.48. The first-order valence-electron chi connectivity index (χ1n) is 3.88. The number of hydrogen-bond acceptors (Lipinski definition) is 3. The molecule has 0 spiro atoms. The highest BCUT2D eigenvalue weighted by molar-refractivity contribution is 6.31. The Morgan fingerprint density at radius 2 is 2.29 bits per heavy atom. The van der Waals surface area contributed by atoms with Crippen molar-refractivity contribution in [1.29, 1.82) is 0 Å². The minimum absolute atomic E-state index is 0.0262. The molecule has 0 saturated carbocycles. The number of halogens is 1. The first-order chi connectivity index (χ1) is 6.56. The molecule has 0 amide bonds. The second kappa shape index (κ2) is 4.21. The van der Waals surface area contributed by atoms with Gasteiger partial charge in [0.15, 0.2) is 0 Å². The highest BCUT2D eigenvalue weighted by atomic mass is 35.5. The third-order valence-corrected chi connectivity index (χ3v) is 2.15. The lowest BCUT2D eigenvalue weighted by atomic mass is 10.1. The standard InChI is InChI=1S/C9H9ClN2O2/c1-2-9(11)7-5-6(12(13)14)3-4-8(7)10/h2-5,9H,1,11H2/t9-/m0/s1. The van der Waals surface area contributed by atoms with E-state index in [-0.39, 0.29) is 5.69 Å². The van der Waals surface area contributed by atoms with E-state index in [1.807, 2.05) is 0 Å². The summed E-state index contributed by atoms with van der Waals surface area (Å²) in [6.45, 7) is 3.50. The summed E-state index contributed by atoms with van der Waals surface area (Å²) in [5, 5.41) is 10.9. The van der Waals surface area contributed by atoms with Crippen LogP contribution in [0.5, 0.6) is 0 Å². The van der Waals surface area contributed by atoms with Gasteiger partial charge in [0.2, 0.25) is 0 Å². The summed E-state index contributed by atoms with van der Waals surface area (Å²) in [6, 6.07) is 3.66. The molecule has 0 fully saturated rings. The van der Waals surface area contributed by atoms with Crippen LogP contribution in [0.1, 0.15) is 11.6 Å². The molecule has 74 valence electrons. The zero-order chi connectivity index (χ0) is 10.7. The molecule has 1 aromatic carbocycles. The minimum atomic E-state index is -0.490. The van der Waals surface area contributed by atoms with Crippen molar-refractivity contribution in [2.75, 3.05) is 0 Å². The number of nitrogens with zero attached hydrogens (tertiary/aromatic N) is 1. The van der Waals surface area contributed by atoms with Crippen molar-refractivity contribution in [1.82, 2.24) is 0 Å². The van der Waals surface area contributed by atoms with Gasteiger partial charge in [-0.15, -0.1) is 6.58 Å². The Morgan fingerprint density at radius 1 is 1.64 bits per heavy atom. The maximum Gasteiger partial charge on any atom is 0.269 e. The van der Waals surface area contributed by atoms with Crippen LogP contribution in [0.3, 0.4) is 0 Å². The van der Waals surface area contributed by atoms with E-state index in [4.69, 9.17) is 17.3 Å². The SMILES string of the molecule is C=C[C@H](N)c1cc([N+](=O)[O-])ccc1Cl. The smallest absolute Gasteiger partial charge is 0.269 e. The predicted molar refractivity (Wildman–Crippen MR) is 55.2 cm³/mol. The molecule has 5 heteroatoms. The van der Waals surface area contributed by atoms with Crippen LogP contribution in [0.4, 0.5) is 5.69 Å². The van der Waals surface area contributed by atoms with Gasteiger partial charge in [-0.05, 0) is 11.6 Å². The van der Waals surface area contributed by atoms with Gasteiger partial charge in [0.1, 0.15) is 0 Å². The van der Waals surface area contributed by atoms with Crippen molar-refractivity contribution in [2.24, 2.45) is 5.73 Å². The van der Waals surface area contributed by atoms with E-state index in [0.717, 1.165) is 0 Å². The molecule has 0 bridgehead atoms. The Balaban J connectivity index is 3.20. The molecule has 0 heterocycles. The first kappa shape index (κ1) is 10.7. The van der Waals surface area contributed by atoms with Gasteiger partial charge >= 0.3 is 0 Å². The molecule has 0 aliphatic rings. The Hall–Kier alpha value is -1.39. The average Bonchev–Trinajstić information content (AvgIpc) is 2.17. The number of nitrogens with two attached hydrogens (primary N) is 1. The van der Waals surface area contributed by atoms with Crippen LogP contribution < -0.4 is 5.73 Å². The number of hydrogen-bond donors (Lipinski definition) is 1. The van der Waals surface area contributed by atoms with Gasteiger partial charge in [0.25, 0.3) is 5.69 Å². The second-order valence-electron chi connectivity index (χ2n) is 2.72. The fraction of sp³-hybridized carbons (Fsp3) is 0.111. The van der Waals surface area contributed by atoms with Gasteiger partial charge in [-0.3, -0.25) is 10.1 Å². The fourth-order valence-electron chi connectivity index (χ4n) is 1.03. The summed E-state index contributed by atoms with van der Waals surface area (Å²) in [5.41, 5.74) is 6.12. The number of rotatable bonds is 3. The molecule has 0 unspecified atom stereocenters. The van der Waals surface area contributed by atoms with Crippen molar-refractivity contribution in [3.05, 3.63) is 51.6 Å². The lowest BCUT2D eigenvalue weighted by molar-refractivity contribution is -0.384. The molecule has 0 aromatic heterocycles. The van der Waals surface area contributed by atoms with Crippen LogP contribution in [-0.2, 0) is 0 Å². The van der Waals surface area contributed by atoms with Crippen molar-refractivity contribution < 1.29 is 4.92 Å². The zero-order valence-electron chi connectivity index (χ0n) is 7.31. The Morgan fingerprint density at radius 3 is 2.79 bits per heavy atom. The molecule has 0 aliphatic carbocycles. The van der Waals surface area contributed by atoms with Crippen LogP contribution in [0.15, 0.2) is 30.9 Å². The Kier molecular flexibility index (Phi) is 3.22. The van der Waals surface area contributed by atoms with Crippen LogP contribution in [-0.4, -0.2) is 4.92 Å². The van der Waals surface area contributed by atoms with Crippen LogP contribution in [0.2, 0.25) is 5.02 Å². The predicted octanol–water partition coefficient (Wildman–Crippen LogP) is 2.43. The molecular weight excluding hydrogens is 204 g/mol. The van der Waals surface area contributed by atoms with Crippen LogP contribution in [0, 0.1) is 10.1 Å². The lowest BCUT2D eigenvalue weighted by Crippen LogP contribution is -2.07. The van der Waals surface area contributed by atoms with Crippen molar-refractivity contribution in [2.45, 2.75) is 6.04 Å². The van der Waals surface area contributed by atoms with E-state index in [0.29, 0.717) is 10.6 Å². The van der Waals surface area contributed by atoms with Gasteiger partial charge in [0.05, 0.1) is 4.92 Å². The van der Waals surface area contributed by atoms with E-state index in [2.05, 4.69) is 6.58 Å². The topological polar surface area (TPSA) is 69.2 Å². The number of benzene rings is 1. The van der Waals surface area contributed by atoms with Crippen LogP contribution >= 0.6 is 11.6 Å². The summed E-state index contributed by atoms with van der Waals surface area (Å²) in [5.74, 6) is 0. The molecule has 1 atom stereocenters. The third kappa shape index (κ3) is 2.10. The van der Waals surface area contributed by atoms with Crippen LogP contribution in [0.25, 0.3) is 0 Å². The highest BCUT2D eigenvalue weighted by Crippen LogP contribution is 2.26. The van der Waals surface area contributed by atoms with Gasteiger partial charge in [-0.25, -0.2) is 0 Å². The monoisotopic (exact) mass is 212 g/mol. The first-order valence-corrected chi connectivity index (χ1v) is 4.26. The molecule has 1 aromatic rings. The van der Waals surface area contributed by atoms with Gasteiger partial charge in [0, 0.05) is 23.2 Å². The number of nitro benzene ring substituents is 1. The molecule has 2 N–H and O–H groups in total. The molecular formula is C9H9ClN2O2. The average molecular weight is 213 g/mol. The maximum absolute atomic E-state index is 10.5. The quantitative estimate of drug-likeness (QED) is 0.475. The zero-order valence-corrected chi connectivity index (χ0v) is 8.07. The minimum Gasteiger partial charge on any atom is -0.321 e. The molecule has 14 heavy (non-hydrogen) atoms. The Bertz CT molecular complexity index is 379. The maximum atomic E-state index is 10.5. The van der Waals surface area contributed by atoms with E-state index >= 15 is 0 Å². The normalized spacial score (nSPS) is 12.1. The highest BCUT2D eigenvalue weighted by Gasteiger charge is 2.12. The summed E-state index contributed by atoms with van der Waals surface area (Å²) in [7, 11) is 0. The number of non-ortho nitro benzene ring substituents is 1. The second-order valence-corrected chi connectivity index (χ2v) is 3.13. The lowest BCUT2D eigenvalue weighted by Gasteiger charge is -2.07. The molecule has 0 saturated heterocycles. The summed E-state index contributed by atoms with van der Waals surface area (Å²) in [4.78, 5) is 9.98. The van der Waals surface area contributed by atoms with E-state index < -0.39 is 11.0 Å². The van der Waals surface area contributed by atoms with Crippen molar-refractivity contribution in [3.63, 3.8) is 0 Å². The van der Waals surface area contributed by atoms with Gasteiger partial charge < -0.3 is 5.73 Å². The fourth-order valence-corrected chi connectivity index (χ4v) is 1.27. The van der Waals surface area contributed by atoms with Gasteiger partial charge in [-0.1, -0.05) is 17.7 Å². The Labute approximate surface area is 86.1 Å². The molecule has 1 rings (SSSR count). The van der Waals surface area contributed by atoms with Gasteiger partial charge in [-0.2, -0.15) is 0 Å². The number of nitro groups is 1. The molecule has 0 radical (unpaired) electrons. The van der Waals surface area contributed by atoms with E-state index in [9.17, 15) is 10.1 Å². The van der Waals surface area contributed by atoms with Crippen molar-refractivity contribution >= 4 is 17.3 Å². The summed E-state index contributed by atoms with van der Waals surface area (Å²) < 4.78 is 0. The summed E-state index contributed by atoms with van der Waals surface area (Å²) >= 11 is 5.82.